The van der Waals surface area contributed by atoms with Crippen molar-refractivity contribution in [2.24, 2.45) is 11.7 Å². The molecule has 1 aliphatic rings. The molecule has 1 aromatic carbocycles. The van der Waals surface area contributed by atoms with Gasteiger partial charge in [-0.1, -0.05) is 38.1 Å². The standard InChI is InChI=1S/C17H25N3O2/c1-11(2)16(18)17(22)19-10-15(21)20(3)14-9-8-12-6-4-5-7-13(12)14/h4-7,11,14,16H,8-10,18H2,1-3H3,(H,19,22)/t14?,16-/m0/s1. The molecule has 0 bridgehead atoms. The van der Waals surface area contributed by atoms with Crippen LogP contribution in [0.4, 0.5) is 0 Å². The van der Waals surface area contributed by atoms with Gasteiger partial charge in [-0.15, -0.1) is 0 Å². The average molecular weight is 303 g/mol. The summed E-state index contributed by atoms with van der Waals surface area (Å²) in [4.78, 5) is 25.9. The number of benzene rings is 1. The third-order valence-corrected chi connectivity index (χ3v) is 4.40. The number of fused-ring (bicyclic) bond motifs is 1. The maximum absolute atomic E-state index is 12.3. The van der Waals surface area contributed by atoms with E-state index in [1.165, 1.54) is 11.1 Å². The van der Waals surface area contributed by atoms with Gasteiger partial charge in [-0.3, -0.25) is 9.59 Å². The Hall–Kier alpha value is -1.88. The Balaban J connectivity index is 1.92. The van der Waals surface area contributed by atoms with Gasteiger partial charge in [0.25, 0.3) is 0 Å². The summed E-state index contributed by atoms with van der Waals surface area (Å²) in [5.74, 6) is -0.316. The summed E-state index contributed by atoms with van der Waals surface area (Å²) in [6, 6.07) is 7.72. The van der Waals surface area contributed by atoms with E-state index in [2.05, 4.69) is 17.4 Å². The molecule has 0 radical (unpaired) electrons. The number of nitrogens with zero attached hydrogens (tertiary/aromatic N) is 1. The molecule has 1 aliphatic carbocycles. The van der Waals surface area contributed by atoms with Crippen molar-refractivity contribution in [2.45, 2.75) is 38.8 Å². The Bertz CT molecular complexity index is 557. The molecule has 2 amide bonds. The van der Waals surface area contributed by atoms with Gasteiger partial charge in [0.15, 0.2) is 0 Å². The zero-order chi connectivity index (χ0) is 16.3. The highest BCUT2D eigenvalue weighted by Crippen LogP contribution is 2.34. The normalized spacial score (nSPS) is 18.0. The molecule has 3 N–H and O–H groups in total. The molecule has 0 saturated carbocycles. The minimum absolute atomic E-state index is 0.00554. The second-order valence-electron chi connectivity index (χ2n) is 6.25. The van der Waals surface area contributed by atoms with Crippen molar-refractivity contribution in [3.05, 3.63) is 35.4 Å². The molecular formula is C17H25N3O2. The van der Waals surface area contributed by atoms with Crippen LogP contribution < -0.4 is 11.1 Å². The molecule has 0 saturated heterocycles. The van der Waals surface area contributed by atoms with E-state index in [4.69, 9.17) is 5.73 Å². The summed E-state index contributed by atoms with van der Waals surface area (Å²) in [6.07, 6.45) is 1.92. The van der Waals surface area contributed by atoms with Gasteiger partial charge in [-0.05, 0) is 29.9 Å². The van der Waals surface area contributed by atoms with Crippen LogP contribution in [0.1, 0.15) is 37.4 Å². The van der Waals surface area contributed by atoms with Gasteiger partial charge in [0.2, 0.25) is 11.8 Å². The molecule has 1 aromatic rings. The molecule has 0 heterocycles. The molecular weight excluding hydrogens is 278 g/mol. The summed E-state index contributed by atoms with van der Waals surface area (Å²) in [7, 11) is 1.80. The lowest BCUT2D eigenvalue weighted by molar-refractivity contribution is -0.134. The quantitative estimate of drug-likeness (QED) is 0.859. The number of hydrogen-bond acceptors (Lipinski definition) is 3. The van der Waals surface area contributed by atoms with E-state index in [0.717, 1.165) is 12.8 Å². The molecule has 0 aliphatic heterocycles. The fraction of sp³-hybridized carbons (Fsp3) is 0.529. The number of nitrogens with two attached hydrogens (primary N) is 1. The van der Waals surface area contributed by atoms with E-state index in [-0.39, 0.29) is 30.3 Å². The molecule has 2 rings (SSSR count). The van der Waals surface area contributed by atoms with Gasteiger partial charge in [0.05, 0.1) is 18.6 Å². The van der Waals surface area contributed by atoms with E-state index in [1.807, 2.05) is 26.0 Å². The summed E-state index contributed by atoms with van der Waals surface area (Å²) in [6.45, 7) is 3.76. The number of rotatable bonds is 5. The molecule has 120 valence electrons. The number of aryl methyl sites for hydroxylation is 1. The van der Waals surface area contributed by atoms with Gasteiger partial charge in [0.1, 0.15) is 0 Å². The Morgan fingerprint density at radius 3 is 2.73 bits per heavy atom. The van der Waals surface area contributed by atoms with E-state index in [1.54, 1.807) is 11.9 Å². The van der Waals surface area contributed by atoms with E-state index < -0.39 is 6.04 Å². The van der Waals surface area contributed by atoms with Crippen LogP contribution in [0.25, 0.3) is 0 Å². The second kappa shape index (κ2) is 6.92. The third-order valence-electron chi connectivity index (χ3n) is 4.40. The number of likely N-dealkylation sites (N-methyl/N-ethyl adjacent to an activating group) is 1. The van der Waals surface area contributed by atoms with Crippen LogP contribution in [0.3, 0.4) is 0 Å². The first-order valence-corrected chi connectivity index (χ1v) is 7.78. The smallest absolute Gasteiger partial charge is 0.242 e. The number of carbonyl (C=O) groups excluding carboxylic acids is 2. The predicted molar refractivity (Wildman–Crippen MR) is 86.1 cm³/mol. The van der Waals surface area contributed by atoms with Crippen LogP contribution in [0.15, 0.2) is 24.3 Å². The van der Waals surface area contributed by atoms with Crippen molar-refractivity contribution < 1.29 is 9.59 Å². The predicted octanol–water partition coefficient (Wildman–Crippen LogP) is 1.23. The van der Waals surface area contributed by atoms with Crippen molar-refractivity contribution in [2.75, 3.05) is 13.6 Å². The average Bonchev–Trinajstić information content (AvgIpc) is 2.94. The Morgan fingerprint density at radius 2 is 2.05 bits per heavy atom. The molecule has 22 heavy (non-hydrogen) atoms. The van der Waals surface area contributed by atoms with Crippen molar-refractivity contribution in [1.29, 1.82) is 0 Å². The summed E-state index contributed by atoms with van der Waals surface area (Å²) in [5, 5.41) is 2.64. The van der Waals surface area contributed by atoms with Crippen LogP contribution in [0, 0.1) is 5.92 Å². The number of amides is 2. The minimum Gasteiger partial charge on any atom is -0.346 e. The number of nitrogens with one attached hydrogen (secondary N) is 1. The molecule has 5 nitrogen and oxygen atoms in total. The van der Waals surface area contributed by atoms with Crippen molar-refractivity contribution in [3.63, 3.8) is 0 Å². The second-order valence-corrected chi connectivity index (χ2v) is 6.25. The molecule has 0 fully saturated rings. The molecule has 5 heteroatoms. The summed E-state index contributed by atoms with van der Waals surface area (Å²) in [5.41, 5.74) is 8.29. The third kappa shape index (κ3) is 3.47. The Labute approximate surface area is 131 Å². The first-order chi connectivity index (χ1) is 10.4. The zero-order valence-electron chi connectivity index (χ0n) is 13.5. The maximum Gasteiger partial charge on any atom is 0.242 e. The largest absolute Gasteiger partial charge is 0.346 e. The Kier molecular flexibility index (Phi) is 5.19. The fourth-order valence-electron chi connectivity index (χ4n) is 2.82. The fourth-order valence-corrected chi connectivity index (χ4v) is 2.82. The van der Waals surface area contributed by atoms with Crippen LogP contribution in [0.2, 0.25) is 0 Å². The monoisotopic (exact) mass is 303 g/mol. The highest BCUT2D eigenvalue weighted by Gasteiger charge is 2.28. The molecule has 1 unspecified atom stereocenters. The van der Waals surface area contributed by atoms with Crippen molar-refractivity contribution >= 4 is 11.8 Å². The first-order valence-electron chi connectivity index (χ1n) is 7.78. The molecule has 2 atom stereocenters. The summed E-state index contributed by atoms with van der Waals surface area (Å²) < 4.78 is 0. The highest BCUT2D eigenvalue weighted by molar-refractivity contribution is 5.87. The van der Waals surface area contributed by atoms with Gasteiger partial charge in [-0.2, -0.15) is 0 Å². The van der Waals surface area contributed by atoms with Crippen LogP contribution in [0.5, 0.6) is 0 Å². The van der Waals surface area contributed by atoms with Crippen LogP contribution >= 0.6 is 0 Å². The lowest BCUT2D eigenvalue weighted by Gasteiger charge is -2.26. The number of hydrogen-bond donors (Lipinski definition) is 2. The zero-order valence-corrected chi connectivity index (χ0v) is 13.5. The highest BCUT2D eigenvalue weighted by atomic mass is 16.2. The van der Waals surface area contributed by atoms with E-state index in [0.29, 0.717) is 0 Å². The lowest BCUT2D eigenvalue weighted by atomic mass is 10.1. The number of carbonyl (C=O) groups is 2. The van der Waals surface area contributed by atoms with Gasteiger partial charge in [-0.25, -0.2) is 0 Å². The van der Waals surface area contributed by atoms with Gasteiger partial charge >= 0.3 is 0 Å². The van der Waals surface area contributed by atoms with E-state index >= 15 is 0 Å². The van der Waals surface area contributed by atoms with Gasteiger partial charge < -0.3 is 16.0 Å². The summed E-state index contributed by atoms with van der Waals surface area (Å²) >= 11 is 0. The molecule has 0 spiro atoms. The van der Waals surface area contributed by atoms with Crippen LogP contribution in [-0.4, -0.2) is 36.3 Å². The lowest BCUT2D eigenvalue weighted by Crippen LogP contribution is -2.47. The SMILES string of the molecule is CC(C)[C@H](N)C(=O)NCC(=O)N(C)C1CCc2ccccc21. The van der Waals surface area contributed by atoms with Crippen molar-refractivity contribution in [3.8, 4) is 0 Å². The van der Waals surface area contributed by atoms with Gasteiger partial charge in [0, 0.05) is 7.05 Å². The van der Waals surface area contributed by atoms with Crippen molar-refractivity contribution in [1.82, 2.24) is 10.2 Å². The topological polar surface area (TPSA) is 75.4 Å². The molecule has 0 aromatic heterocycles. The Morgan fingerprint density at radius 1 is 1.36 bits per heavy atom. The minimum atomic E-state index is -0.578. The van der Waals surface area contributed by atoms with E-state index in [9.17, 15) is 9.59 Å². The van der Waals surface area contributed by atoms with Crippen LogP contribution in [-0.2, 0) is 16.0 Å². The maximum atomic E-state index is 12.3. The first kappa shape index (κ1) is 16.5.